The quantitative estimate of drug-likeness (QED) is 0.428. The number of benzene rings is 1. The number of carbonyl (C=O) groups is 1. The number of fused-ring (bicyclic) bond motifs is 1. The third-order valence-electron chi connectivity index (χ3n) is 5.81. The van der Waals surface area contributed by atoms with E-state index in [4.69, 9.17) is 5.73 Å². The molecule has 2 aliphatic heterocycles. The van der Waals surface area contributed by atoms with E-state index in [1.165, 1.54) is 0 Å². The van der Waals surface area contributed by atoms with Crippen LogP contribution in [0.5, 0.6) is 0 Å². The Kier molecular flexibility index (Phi) is 5.73. The van der Waals surface area contributed by atoms with Gasteiger partial charge in [0.2, 0.25) is 17.6 Å². The molecule has 0 radical (unpaired) electrons. The predicted octanol–water partition coefficient (Wildman–Crippen LogP) is 1.79. The van der Waals surface area contributed by atoms with Gasteiger partial charge in [-0.1, -0.05) is 0 Å². The first-order valence-corrected chi connectivity index (χ1v) is 11.5. The van der Waals surface area contributed by atoms with Gasteiger partial charge in [-0.15, -0.1) is 0 Å². The fourth-order valence-corrected chi connectivity index (χ4v) is 5.03. The zero-order chi connectivity index (χ0) is 22.1. The lowest BCUT2D eigenvalue weighted by Gasteiger charge is -2.27. The number of quaternary nitrogens is 1. The average molecular weight is 452 g/mol. The number of aromatic nitrogens is 2. The number of amidine groups is 1. The normalized spacial score (nSPS) is 24.2. The van der Waals surface area contributed by atoms with Crippen molar-refractivity contribution in [2.45, 2.75) is 37.1 Å². The zero-order valence-electron chi connectivity index (χ0n) is 17.8. The standard InChI is InChI=1S/C22H26N8OS/c1-14-10-19(28-27-14)26-21-13-29(12-20-24-8-9-30(20)21)32-18-6-4-17(5-7-18)25-22(31)15-2-3-16(23)11-15/h4-10,13,15-16H,2-3,11-12,23H2,1H3,(H,25,31)(H2,26,27,28)/p+1. The van der Waals surface area contributed by atoms with Gasteiger partial charge in [0.15, 0.2) is 5.82 Å². The molecule has 1 fully saturated rings. The molecule has 166 valence electrons. The van der Waals surface area contributed by atoms with Gasteiger partial charge in [0.25, 0.3) is 0 Å². The van der Waals surface area contributed by atoms with E-state index in [1.54, 1.807) is 11.9 Å². The van der Waals surface area contributed by atoms with Crippen molar-refractivity contribution in [2.75, 3.05) is 17.2 Å². The highest BCUT2D eigenvalue weighted by molar-refractivity contribution is 7.97. The molecule has 3 aliphatic rings. The molecule has 1 saturated carbocycles. The van der Waals surface area contributed by atoms with Crippen LogP contribution in [0.15, 0.2) is 64.6 Å². The lowest BCUT2D eigenvalue weighted by atomic mass is 10.1. The molecule has 0 bridgehead atoms. The van der Waals surface area contributed by atoms with Crippen LogP contribution in [0.25, 0.3) is 0 Å². The number of anilines is 2. The maximum atomic E-state index is 12.4. The number of nitrogens with zero attached hydrogens (tertiary/aromatic N) is 3. The zero-order valence-corrected chi connectivity index (χ0v) is 18.7. The summed E-state index contributed by atoms with van der Waals surface area (Å²) in [5.41, 5.74) is 7.75. The van der Waals surface area contributed by atoms with Gasteiger partial charge in [-0.25, -0.2) is 9.89 Å². The van der Waals surface area contributed by atoms with Crippen molar-refractivity contribution in [1.82, 2.24) is 14.5 Å². The van der Waals surface area contributed by atoms with Gasteiger partial charge in [0.05, 0.1) is 12.4 Å². The molecule has 9 nitrogen and oxygen atoms in total. The first kappa shape index (κ1) is 20.8. The molecule has 3 unspecified atom stereocenters. The number of nitrogens with two attached hydrogens (primary N) is 1. The fourth-order valence-electron chi connectivity index (χ4n) is 4.16. The Hall–Kier alpha value is -3.08. The number of H-pyrrole nitrogens is 1. The van der Waals surface area contributed by atoms with Crippen LogP contribution in [0, 0.1) is 12.8 Å². The van der Waals surface area contributed by atoms with Crippen LogP contribution in [-0.4, -0.2) is 38.8 Å². The van der Waals surface area contributed by atoms with E-state index in [2.05, 4.69) is 36.3 Å². The third-order valence-corrected chi connectivity index (χ3v) is 6.76. The molecular weight excluding hydrogens is 424 g/mol. The molecule has 10 heteroatoms. The molecule has 1 amide bonds. The van der Waals surface area contributed by atoms with Gasteiger partial charge in [0, 0.05) is 34.3 Å². The van der Waals surface area contributed by atoms with Crippen molar-refractivity contribution < 1.29 is 9.69 Å². The summed E-state index contributed by atoms with van der Waals surface area (Å²) in [6, 6.07) is 10.0. The van der Waals surface area contributed by atoms with E-state index >= 15 is 0 Å². The molecule has 6 N–H and O–H groups in total. The van der Waals surface area contributed by atoms with Gasteiger partial charge in [0.1, 0.15) is 12.7 Å². The Bertz CT molecular complexity index is 1090. The summed E-state index contributed by atoms with van der Waals surface area (Å²) in [5.74, 6) is 2.84. The second-order valence-corrected chi connectivity index (χ2v) is 9.48. The molecular formula is C22H27N8OS+. The average Bonchev–Trinajstić information content (AvgIpc) is 3.51. The van der Waals surface area contributed by atoms with Gasteiger partial charge in [-0.05, 0) is 62.4 Å². The Morgan fingerprint density at radius 3 is 2.88 bits per heavy atom. The van der Waals surface area contributed by atoms with Crippen molar-refractivity contribution in [2.24, 2.45) is 16.6 Å². The first-order valence-electron chi connectivity index (χ1n) is 10.8. The van der Waals surface area contributed by atoms with Crippen LogP contribution in [0.1, 0.15) is 25.0 Å². The summed E-state index contributed by atoms with van der Waals surface area (Å²) < 4.78 is 2.14. The van der Waals surface area contributed by atoms with Crippen LogP contribution in [0.4, 0.5) is 11.5 Å². The second-order valence-electron chi connectivity index (χ2n) is 8.36. The summed E-state index contributed by atoms with van der Waals surface area (Å²) in [4.78, 5) is 19.1. The summed E-state index contributed by atoms with van der Waals surface area (Å²) in [7, 11) is 0. The number of aryl methyl sites for hydroxylation is 1. The fraction of sp³-hybridized carbons (Fsp3) is 0.318. The minimum atomic E-state index is 0.0213. The van der Waals surface area contributed by atoms with E-state index in [1.807, 2.05) is 49.7 Å². The largest absolute Gasteiger partial charge is 0.328 e. The second kappa shape index (κ2) is 8.81. The van der Waals surface area contributed by atoms with Gasteiger partial charge in [-0.3, -0.25) is 19.5 Å². The lowest BCUT2D eigenvalue weighted by molar-refractivity contribution is -0.699. The molecule has 2 aromatic rings. The molecule has 0 spiro atoms. The Labute approximate surface area is 191 Å². The highest BCUT2D eigenvalue weighted by Gasteiger charge is 2.32. The molecule has 1 aliphatic carbocycles. The summed E-state index contributed by atoms with van der Waals surface area (Å²) >= 11 is 1.62. The Balaban J connectivity index is 1.24. The number of carbonyl (C=O) groups excluding carboxylic acids is 1. The van der Waals surface area contributed by atoms with Gasteiger partial charge < -0.3 is 11.1 Å². The molecule has 5 rings (SSSR count). The SMILES string of the molecule is Cc1cc(NC2=CN(Sc3ccc(NC(=O)C4CCC(N)C4)cc3)CC3=NC=C[NH+]23)n[nH]1. The summed E-state index contributed by atoms with van der Waals surface area (Å²) in [6.07, 6.45) is 8.50. The topological polar surface area (TPSA) is 116 Å². The first-order chi connectivity index (χ1) is 15.5. The van der Waals surface area contributed by atoms with Crippen molar-refractivity contribution >= 4 is 35.2 Å². The number of nitrogens with one attached hydrogen (secondary N) is 4. The molecule has 0 saturated heterocycles. The lowest BCUT2D eigenvalue weighted by Crippen LogP contribution is -3.10. The highest BCUT2D eigenvalue weighted by atomic mass is 32.2. The number of hydrogen-bond acceptors (Lipinski definition) is 7. The molecule has 3 heterocycles. The van der Waals surface area contributed by atoms with Crippen LogP contribution >= 0.6 is 11.9 Å². The van der Waals surface area contributed by atoms with Crippen molar-refractivity contribution in [1.29, 1.82) is 0 Å². The maximum absolute atomic E-state index is 12.4. The molecule has 1 aromatic heterocycles. The van der Waals surface area contributed by atoms with Crippen LogP contribution in [-0.2, 0) is 4.79 Å². The van der Waals surface area contributed by atoms with E-state index in [0.717, 1.165) is 57.9 Å². The van der Waals surface area contributed by atoms with Crippen LogP contribution < -0.4 is 21.3 Å². The van der Waals surface area contributed by atoms with Gasteiger partial charge >= 0.3 is 0 Å². The van der Waals surface area contributed by atoms with Crippen molar-refractivity contribution in [3.63, 3.8) is 0 Å². The molecule has 1 aromatic carbocycles. The monoisotopic (exact) mass is 451 g/mol. The number of rotatable bonds is 6. The van der Waals surface area contributed by atoms with Crippen LogP contribution in [0.3, 0.4) is 0 Å². The van der Waals surface area contributed by atoms with Crippen molar-refractivity contribution in [3.05, 3.63) is 60.4 Å². The number of aliphatic imine (C=N–C) groups is 1. The smallest absolute Gasteiger partial charge is 0.233 e. The number of aromatic amines is 1. The summed E-state index contributed by atoms with van der Waals surface area (Å²) in [5, 5.41) is 13.6. The van der Waals surface area contributed by atoms with Gasteiger partial charge in [-0.2, -0.15) is 5.10 Å². The summed E-state index contributed by atoms with van der Waals surface area (Å²) in [6.45, 7) is 2.68. The van der Waals surface area contributed by atoms with E-state index in [-0.39, 0.29) is 17.9 Å². The minimum absolute atomic E-state index is 0.0213. The molecule has 32 heavy (non-hydrogen) atoms. The van der Waals surface area contributed by atoms with E-state index in [0.29, 0.717) is 6.54 Å². The van der Waals surface area contributed by atoms with Crippen LogP contribution in [0.2, 0.25) is 0 Å². The molecule has 3 atom stereocenters. The minimum Gasteiger partial charge on any atom is -0.328 e. The predicted molar refractivity (Wildman–Crippen MR) is 126 cm³/mol. The van der Waals surface area contributed by atoms with Crippen molar-refractivity contribution in [3.8, 4) is 0 Å². The Morgan fingerprint density at radius 2 is 2.16 bits per heavy atom. The maximum Gasteiger partial charge on any atom is 0.233 e. The third kappa shape index (κ3) is 4.57. The number of amides is 1. The van der Waals surface area contributed by atoms with E-state index < -0.39 is 0 Å². The Morgan fingerprint density at radius 1 is 1.31 bits per heavy atom. The van der Waals surface area contributed by atoms with E-state index in [9.17, 15) is 4.79 Å². The highest BCUT2D eigenvalue weighted by Crippen LogP contribution is 2.28. The number of hydrogen-bond donors (Lipinski definition) is 5.